The van der Waals surface area contributed by atoms with E-state index in [0.717, 1.165) is 43.2 Å². The molecule has 31 heavy (non-hydrogen) atoms. The molecule has 2 aromatic carbocycles. The number of nitrogens with zero attached hydrogens (tertiary/aromatic N) is 3. The molecule has 6 nitrogen and oxygen atoms in total. The number of ether oxygens (including phenoxy) is 1. The average Bonchev–Trinajstić information content (AvgIpc) is 3.24. The third-order valence-electron chi connectivity index (χ3n) is 5.79. The molecule has 1 saturated heterocycles. The number of amides is 1. The molecule has 0 spiro atoms. The summed E-state index contributed by atoms with van der Waals surface area (Å²) in [6.07, 6.45) is 0. The Labute approximate surface area is 187 Å². The molecule has 0 atom stereocenters. The van der Waals surface area contributed by atoms with E-state index in [1.165, 1.54) is 28.2 Å². The van der Waals surface area contributed by atoms with Crippen LogP contribution in [0.15, 0.2) is 47.8 Å². The summed E-state index contributed by atoms with van der Waals surface area (Å²) in [5, 5.41) is 5.54. The molecular weight excluding hydrogens is 408 g/mol. The lowest BCUT2D eigenvalue weighted by atomic mass is 10.1. The number of thiazole rings is 1. The topological polar surface area (TPSA) is 57.7 Å². The lowest BCUT2D eigenvalue weighted by molar-refractivity contribution is -0.117. The van der Waals surface area contributed by atoms with Crippen molar-refractivity contribution in [3.63, 3.8) is 0 Å². The number of methoxy groups -OCH3 is 1. The van der Waals surface area contributed by atoms with Gasteiger partial charge in [-0.25, -0.2) is 4.98 Å². The highest BCUT2D eigenvalue weighted by atomic mass is 32.1. The van der Waals surface area contributed by atoms with Gasteiger partial charge in [-0.05, 0) is 55.3 Å². The molecule has 1 aromatic heterocycles. The van der Waals surface area contributed by atoms with Crippen LogP contribution in [0.1, 0.15) is 11.1 Å². The van der Waals surface area contributed by atoms with Crippen molar-refractivity contribution in [2.24, 2.45) is 0 Å². The summed E-state index contributed by atoms with van der Waals surface area (Å²) in [6, 6.07) is 14.2. The van der Waals surface area contributed by atoms with E-state index in [1.54, 1.807) is 7.11 Å². The Kier molecular flexibility index (Phi) is 6.53. The van der Waals surface area contributed by atoms with Gasteiger partial charge in [0.25, 0.3) is 0 Å². The van der Waals surface area contributed by atoms with Crippen LogP contribution in [0, 0.1) is 13.8 Å². The second-order valence-corrected chi connectivity index (χ2v) is 8.65. The molecule has 1 fully saturated rings. The van der Waals surface area contributed by atoms with Gasteiger partial charge in [0, 0.05) is 42.8 Å². The summed E-state index contributed by atoms with van der Waals surface area (Å²) in [5.74, 6) is 0.793. The van der Waals surface area contributed by atoms with Crippen LogP contribution in [0.4, 0.5) is 10.8 Å². The lowest BCUT2D eigenvalue weighted by Gasteiger charge is -2.36. The number of carbonyl (C=O) groups excluding carboxylic acids is 1. The van der Waals surface area contributed by atoms with Gasteiger partial charge in [0.15, 0.2) is 5.13 Å². The molecule has 162 valence electrons. The van der Waals surface area contributed by atoms with Crippen LogP contribution < -0.4 is 15.0 Å². The summed E-state index contributed by atoms with van der Waals surface area (Å²) in [6.45, 7) is 8.31. The Bertz CT molecular complexity index is 1040. The average molecular weight is 437 g/mol. The van der Waals surface area contributed by atoms with Crippen molar-refractivity contribution in [3.8, 4) is 17.0 Å². The smallest absolute Gasteiger partial charge is 0.240 e. The second-order valence-electron chi connectivity index (χ2n) is 7.80. The summed E-state index contributed by atoms with van der Waals surface area (Å²) < 4.78 is 5.20. The lowest BCUT2D eigenvalue weighted by Crippen LogP contribution is -2.48. The maximum atomic E-state index is 12.5. The monoisotopic (exact) mass is 436 g/mol. The van der Waals surface area contributed by atoms with Crippen molar-refractivity contribution < 1.29 is 9.53 Å². The number of hydrogen-bond donors (Lipinski definition) is 1. The van der Waals surface area contributed by atoms with Crippen molar-refractivity contribution in [2.75, 3.05) is 50.1 Å². The van der Waals surface area contributed by atoms with Gasteiger partial charge in [-0.3, -0.25) is 9.69 Å². The van der Waals surface area contributed by atoms with E-state index in [4.69, 9.17) is 4.74 Å². The first-order valence-electron chi connectivity index (χ1n) is 10.5. The first-order chi connectivity index (χ1) is 15.0. The van der Waals surface area contributed by atoms with E-state index < -0.39 is 0 Å². The Morgan fingerprint density at radius 1 is 1.10 bits per heavy atom. The second kappa shape index (κ2) is 9.49. The van der Waals surface area contributed by atoms with Crippen LogP contribution in [0.3, 0.4) is 0 Å². The van der Waals surface area contributed by atoms with E-state index >= 15 is 0 Å². The van der Waals surface area contributed by atoms with Gasteiger partial charge >= 0.3 is 0 Å². The molecular formula is C24H28N4O2S. The normalized spacial score (nSPS) is 14.5. The number of aryl methyl sites for hydroxylation is 1. The van der Waals surface area contributed by atoms with Crippen molar-refractivity contribution in [2.45, 2.75) is 13.8 Å². The fourth-order valence-corrected chi connectivity index (χ4v) is 4.55. The predicted octanol–water partition coefficient (Wildman–Crippen LogP) is 4.20. The Morgan fingerprint density at radius 2 is 1.84 bits per heavy atom. The molecule has 0 unspecified atom stereocenters. The van der Waals surface area contributed by atoms with Crippen LogP contribution >= 0.6 is 11.3 Å². The Hall–Kier alpha value is -2.90. The van der Waals surface area contributed by atoms with E-state index in [-0.39, 0.29) is 5.91 Å². The van der Waals surface area contributed by atoms with Crippen molar-refractivity contribution in [1.82, 2.24) is 9.88 Å². The van der Waals surface area contributed by atoms with E-state index in [1.807, 2.05) is 29.6 Å². The van der Waals surface area contributed by atoms with Gasteiger partial charge in [0.1, 0.15) is 5.75 Å². The Morgan fingerprint density at radius 3 is 2.55 bits per heavy atom. The molecule has 0 saturated carbocycles. The first-order valence-corrected chi connectivity index (χ1v) is 11.3. The van der Waals surface area contributed by atoms with Gasteiger partial charge in [-0.15, -0.1) is 11.3 Å². The van der Waals surface area contributed by atoms with E-state index in [0.29, 0.717) is 11.7 Å². The zero-order valence-corrected chi connectivity index (χ0v) is 19.0. The van der Waals surface area contributed by atoms with Crippen molar-refractivity contribution in [1.29, 1.82) is 0 Å². The SMILES string of the molecule is COc1ccc(-c2csc(NC(=O)CN3CCN(c4cccc(C)c4C)CC3)n2)cc1. The highest BCUT2D eigenvalue weighted by Gasteiger charge is 2.21. The molecule has 0 aliphatic carbocycles. The molecule has 0 radical (unpaired) electrons. The standard InChI is InChI=1S/C24H28N4O2S/c1-17-5-4-6-22(18(17)2)28-13-11-27(12-14-28)15-23(29)26-24-25-21(16-31-24)19-7-9-20(30-3)10-8-19/h4-10,16H,11-15H2,1-3H3,(H,25,26,29). The molecule has 3 aromatic rings. The van der Waals surface area contributed by atoms with Crippen LogP contribution in [-0.4, -0.2) is 55.6 Å². The van der Waals surface area contributed by atoms with Crippen LogP contribution in [0.2, 0.25) is 0 Å². The molecule has 1 N–H and O–H groups in total. The fraction of sp³-hybridized carbons (Fsp3) is 0.333. The number of carbonyl (C=O) groups is 1. The summed E-state index contributed by atoms with van der Waals surface area (Å²) in [7, 11) is 1.65. The molecule has 4 rings (SSSR count). The van der Waals surface area contributed by atoms with E-state index in [9.17, 15) is 4.79 Å². The fourth-order valence-electron chi connectivity index (χ4n) is 3.81. The van der Waals surface area contributed by atoms with Gasteiger partial charge < -0.3 is 15.0 Å². The highest BCUT2D eigenvalue weighted by molar-refractivity contribution is 7.14. The zero-order chi connectivity index (χ0) is 21.8. The molecule has 7 heteroatoms. The van der Waals surface area contributed by atoms with Gasteiger partial charge in [-0.2, -0.15) is 0 Å². The third kappa shape index (κ3) is 5.06. The first kappa shape index (κ1) is 21.3. The van der Waals surface area contributed by atoms with Gasteiger partial charge in [0.2, 0.25) is 5.91 Å². The minimum absolute atomic E-state index is 0.0178. The molecule has 1 aliphatic heterocycles. The largest absolute Gasteiger partial charge is 0.497 e. The number of piperazine rings is 1. The number of benzene rings is 2. The minimum Gasteiger partial charge on any atom is -0.497 e. The summed E-state index contributed by atoms with van der Waals surface area (Å²) >= 11 is 1.44. The number of nitrogens with one attached hydrogen (secondary N) is 1. The zero-order valence-electron chi connectivity index (χ0n) is 18.2. The summed E-state index contributed by atoms with van der Waals surface area (Å²) in [4.78, 5) is 21.7. The van der Waals surface area contributed by atoms with Crippen molar-refractivity contribution >= 4 is 28.1 Å². The number of rotatable bonds is 6. The maximum Gasteiger partial charge on any atom is 0.240 e. The third-order valence-corrected chi connectivity index (χ3v) is 6.55. The predicted molar refractivity (Wildman–Crippen MR) is 127 cm³/mol. The summed E-state index contributed by atoms with van der Waals surface area (Å²) in [5.41, 5.74) is 5.81. The number of aromatic nitrogens is 1. The quantitative estimate of drug-likeness (QED) is 0.628. The van der Waals surface area contributed by atoms with Crippen LogP contribution in [0.5, 0.6) is 5.75 Å². The highest BCUT2D eigenvalue weighted by Crippen LogP contribution is 2.27. The van der Waals surface area contributed by atoms with Crippen LogP contribution in [0.25, 0.3) is 11.3 Å². The molecule has 0 bridgehead atoms. The Balaban J connectivity index is 1.29. The van der Waals surface area contributed by atoms with Gasteiger partial charge in [0.05, 0.1) is 19.3 Å². The molecule has 2 heterocycles. The number of anilines is 2. The van der Waals surface area contributed by atoms with Gasteiger partial charge in [-0.1, -0.05) is 12.1 Å². The van der Waals surface area contributed by atoms with Crippen LogP contribution in [-0.2, 0) is 4.79 Å². The van der Waals surface area contributed by atoms with E-state index in [2.05, 4.69) is 52.1 Å². The molecule has 1 aliphatic rings. The number of hydrogen-bond acceptors (Lipinski definition) is 6. The van der Waals surface area contributed by atoms with Crippen molar-refractivity contribution in [3.05, 3.63) is 59.0 Å². The molecule has 1 amide bonds. The maximum absolute atomic E-state index is 12.5. The minimum atomic E-state index is -0.0178.